The molecule has 10 rings (SSSR count). The van der Waals surface area contributed by atoms with Crippen LogP contribution in [0.3, 0.4) is 0 Å². The van der Waals surface area contributed by atoms with Gasteiger partial charge in [0.15, 0.2) is 0 Å². The van der Waals surface area contributed by atoms with Gasteiger partial charge in [0.25, 0.3) is 0 Å². The molecule has 0 aliphatic heterocycles. The van der Waals surface area contributed by atoms with Gasteiger partial charge < -0.3 is 4.90 Å². The molecular formula is C47H30N2S. The van der Waals surface area contributed by atoms with Crippen molar-refractivity contribution in [1.82, 2.24) is 4.98 Å². The zero-order valence-electron chi connectivity index (χ0n) is 27.1. The zero-order valence-corrected chi connectivity index (χ0v) is 27.9. The second-order valence-corrected chi connectivity index (χ2v) is 13.9. The monoisotopic (exact) mass is 654 g/mol. The lowest BCUT2D eigenvalue weighted by atomic mass is 9.94. The molecule has 3 heteroatoms. The minimum Gasteiger partial charge on any atom is -0.308 e. The molecule has 0 bridgehead atoms. The first-order valence-corrected chi connectivity index (χ1v) is 17.8. The van der Waals surface area contributed by atoms with Crippen LogP contribution in [0.5, 0.6) is 0 Å². The van der Waals surface area contributed by atoms with Crippen LogP contribution in [0, 0.1) is 0 Å². The van der Waals surface area contributed by atoms with E-state index in [4.69, 9.17) is 4.98 Å². The van der Waals surface area contributed by atoms with Crippen LogP contribution in [-0.2, 0) is 0 Å². The molecule has 50 heavy (non-hydrogen) atoms. The van der Waals surface area contributed by atoms with E-state index in [1.54, 1.807) is 0 Å². The maximum atomic E-state index is 4.77. The topological polar surface area (TPSA) is 16.1 Å². The molecule has 0 amide bonds. The Morgan fingerprint density at radius 3 is 1.76 bits per heavy atom. The number of pyridine rings is 1. The molecule has 8 aromatic carbocycles. The lowest BCUT2D eigenvalue weighted by Gasteiger charge is -2.26. The predicted molar refractivity (Wildman–Crippen MR) is 215 cm³/mol. The third-order valence-corrected chi connectivity index (χ3v) is 11.1. The van der Waals surface area contributed by atoms with E-state index < -0.39 is 0 Å². The summed E-state index contributed by atoms with van der Waals surface area (Å²) in [6, 6.07) is 61.5. The van der Waals surface area contributed by atoms with Crippen molar-refractivity contribution in [3.63, 3.8) is 0 Å². The molecule has 0 unspecified atom stereocenters. The molecule has 0 atom stereocenters. The van der Waals surface area contributed by atoms with E-state index >= 15 is 0 Å². The highest BCUT2D eigenvalue weighted by Gasteiger charge is 2.19. The Bertz CT molecular complexity index is 2850. The van der Waals surface area contributed by atoms with Crippen molar-refractivity contribution < 1.29 is 0 Å². The molecule has 234 valence electrons. The normalized spacial score (nSPS) is 11.6. The number of rotatable bonds is 5. The van der Waals surface area contributed by atoms with Gasteiger partial charge in [0.05, 0.1) is 16.6 Å². The maximum absolute atomic E-state index is 4.77. The van der Waals surface area contributed by atoms with E-state index in [0.717, 1.165) is 17.1 Å². The van der Waals surface area contributed by atoms with E-state index in [-0.39, 0.29) is 0 Å². The first-order valence-electron chi connectivity index (χ1n) is 16.9. The molecule has 0 spiro atoms. The van der Waals surface area contributed by atoms with Crippen LogP contribution in [0.15, 0.2) is 182 Å². The number of hydrogen-bond donors (Lipinski definition) is 0. The second kappa shape index (κ2) is 11.7. The summed E-state index contributed by atoms with van der Waals surface area (Å²) in [7, 11) is 0. The molecule has 2 heterocycles. The van der Waals surface area contributed by atoms with Gasteiger partial charge >= 0.3 is 0 Å². The average Bonchev–Trinajstić information content (AvgIpc) is 3.58. The van der Waals surface area contributed by atoms with Gasteiger partial charge in [-0.05, 0) is 91.0 Å². The Morgan fingerprint density at radius 2 is 0.980 bits per heavy atom. The van der Waals surface area contributed by atoms with Crippen molar-refractivity contribution in [2.24, 2.45) is 0 Å². The summed E-state index contributed by atoms with van der Waals surface area (Å²) in [5.41, 5.74) is 8.05. The quantitative estimate of drug-likeness (QED) is 0.172. The highest BCUT2D eigenvalue weighted by molar-refractivity contribution is 7.26. The third-order valence-electron chi connectivity index (χ3n) is 9.92. The molecule has 10 aromatic rings. The SMILES string of the molecule is c1ccc(-c2ccc(N(c3ccc(-c4ccc5c(ccc6ccc7ccccc7c65)c4)cc3)c3cncc4c3sc3ccccc34)cc2)cc1. The van der Waals surface area contributed by atoms with Gasteiger partial charge in [0, 0.05) is 33.0 Å². The predicted octanol–water partition coefficient (Wildman–Crippen LogP) is 13.7. The number of anilines is 3. The van der Waals surface area contributed by atoms with Crippen LogP contribution < -0.4 is 4.90 Å². The molecule has 2 nitrogen and oxygen atoms in total. The number of aromatic nitrogens is 1. The molecule has 0 N–H and O–H groups in total. The molecule has 0 saturated heterocycles. The van der Waals surface area contributed by atoms with Crippen molar-refractivity contribution in [3.05, 3.63) is 182 Å². The van der Waals surface area contributed by atoms with Crippen molar-refractivity contribution in [2.45, 2.75) is 0 Å². The number of fused-ring (bicyclic) bond motifs is 8. The Labute approximate surface area is 294 Å². The molecule has 0 aliphatic carbocycles. The Balaban J connectivity index is 1.09. The van der Waals surface area contributed by atoms with Crippen LogP contribution in [0.2, 0.25) is 0 Å². The fraction of sp³-hybridized carbons (Fsp3) is 0. The van der Waals surface area contributed by atoms with Crippen LogP contribution in [0.1, 0.15) is 0 Å². The minimum atomic E-state index is 1.08. The Hall–Kier alpha value is -6.29. The van der Waals surface area contributed by atoms with Gasteiger partial charge in [0.2, 0.25) is 0 Å². The third kappa shape index (κ3) is 4.74. The minimum absolute atomic E-state index is 1.08. The summed E-state index contributed by atoms with van der Waals surface area (Å²) in [5, 5.41) is 10.1. The molecular weight excluding hydrogens is 625 g/mol. The first kappa shape index (κ1) is 28.7. The lowest BCUT2D eigenvalue weighted by molar-refractivity contribution is 1.26. The highest BCUT2D eigenvalue weighted by Crippen LogP contribution is 2.45. The van der Waals surface area contributed by atoms with Gasteiger partial charge in [0.1, 0.15) is 0 Å². The van der Waals surface area contributed by atoms with Gasteiger partial charge in [-0.3, -0.25) is 4.98 Å². The highest BCUT2D eigenvalue weighted by atomic mass is 32.1. The maximum Gasteiger partial charge on any atom is 0.0824 e. The van der Waals surface area contributed by atoms with E-state index in [9.17, 15) is 0 Å². The van der Waals surface area contributed by atoms with E-state index in [1.165, 1.54) is 74.7 Å². The number of hydrogen-bond acceptors (Lipinski definition) is 3. The van der Waals surface area contributed by atoms with E-state index in [1.807, 2.05) is 23.7 Å². The first-order chi connectivity index (χ1) is 24.8. The zero-order chi connectivity index (χ0) is 33.0. The number of thiophene rings is 1. The molecule has 2 aromatic heterocycles. The van der Waals surface area contributed by atoms with Crippen LogP contribution in [0.25, 0.3) is 74.7 Å². The lowest BCUT2D eigenvalue weighted by Crippen LogP contribution is -2.10. The summed E-state index contributed by atoms with van der Waals surface area (Å²) >= 11 is 1.83. The van der Waals surface area contributed by atoms with Gasteiger partial charge in [-0.2, -0.15) is 0 Å². The van der Waals surface area contributed by atoms with E-state index in [0.29, 0.717) is 0 Å². The van der Waals surface area contributed by atoms with Crippen LogP contribution in [0.4, 0.5) is 17.1 Å². The van der Waals surface area contributed by atoms with Crippen molar-refractivity contribution in [1.29, 1.82) is 0 Å². The van der Waals surface area contributed by atoms with Gasteiger partial charge in [-0.25, -0.2) is 0 Å². The van der Waals surface area contributed by atoms with Crippen molar-refractivity contribution in [2.75, 3.05) is 4.90 Å². The molecule has 0 saturated carbocycles. The van der Waals surface area contributed by atoms with Crippen molar-refractivity contribution >= 4 is 80.9 Å². The largest absolute Gasteiger partial charge is 0.308 e. The summed E-state index contributed by atoms with van der Waals surface area (Å²) in [6.07, 6.45) is 4.01. The second-order valence-electron chi connectivity index (χ2n) is 12.8. The summed E-state index contributed by atoms with van der Waals surface area (Å²) in [4.78, 5) is 7.12. The molecule has 0 radical (unpaired) electrons. The van der Waals surface area contributed by atoms with Crippen molar-refractivity contribution in [3.8, 4) is 22.3 Å². The van der Waals surface area contributed by atoms with Crippen LogP contribution in [-0.4, -0.2) is 4.98 Å². The Morgan fingerprint density at radius 1 is 0.400 bits per heavy atom. The standard InChI is InChI=1S/C47H30N2S/c1-2-8-31(9-3-1)32-18-23-38(24-19-32)49(44-30-48-29-43-42-12-6-7-13-45(42)50-47(43)44)39-25-20-33(21-26-39)36-22-27-41-37(28-36)17-16-35-15-14-34-10-4-5-11-40(34)46(35)41/h1-30H. The number of benzene rings is 8. The Kier molecular flexibility index (Phi) is 6.71. The van der Waals surface area contributed by atoms with Gasteiger partial charge in [-0.1, -0.05) is 133 Å². The van der Waals surface area contributed by atoms with Crippen LogP contribution >= 0.6 is 11.3 Å². The average molecular weight is 655 g/mol. The molecule has 0 aliphatic rings. The fourth-order valence-corrected chi connectivity index (χ4v) is 8.64. The molecule has 0 fully saturated rings. The van der Waals surface area contributed by atoms with E-state index in [2.05, 4.69) is 175 Å². The van der Waals surface area contributed by atoms with Gasteiger partial charge in [-0.15, -0.1) is 11.3 Å². The summed E-state index contributed by atoms with van der Waals surface area (Å²) < 4.78 is 2.50. The summed E-state index contributed by atoms with van der Waals surface area (Å²) in [6.45, 7) is 0. The smallest absolute Gasteiger partial charge is 0.0824 e. The fourth-order valence-electron chi connectivity index (χ4n) is 7.46. The number of nitrogens with zero attached hydrogens (tertiary/aromatic N) is 2. The summed E-state index contributed by atoms with van der Waals surface area (Å²) in [5.74, 6) is 0.